The van der Waals surface area contributed by atoms with Gasteiger partial charge in [0.1, 0.15) is 5.60 Å². The third-order valence-electron chi connectivity index (χ3n) is 3.86. The Bertz CT molecular complexity index is 402. The summed E-state index contributed by atoms with van der Waals surface area (Å²) in [6.45, 7) is 7.32. The zero-order valence-electron chi connectivity index (χ0n) is 14.0. The largest absolute Gasteiger partial charge is 0.444 e. The molecule has 2 N–H and O–H groups in total. The van der Waals surface area contributed by atoms with Gasteiger partial charge in [0.15, 0.2) is 0 Å². The molecule has 0 aromatic rings. The zero-order chi connectivity index (χ0) is 16.2. The van der Waals surface area contributed by atoms with Crippen molar-refractivity contribution < 1.29 is 14.3 Å². The van der Waals surface area contributed by atoms with Gasteiger partial charge < -0.3 is 20.3 Å². The molecule has 1 atom stereocenters. The molecule has 1 saturated heterocycles. The summed E-state index contributed by atoms with van der Waals surface area (Å²) in [5, 5.41) is 6.12. The van der Waals surface area contributed by atoms with E-state index in [1.54, 1.807) is 4.90 Å². The van der Waals surface area contributed by atoms with Crippen LogP contribution < -0.4 is 10.6 Å². The van der Waals surface area contributed by atoms with E-state index in [2.05, 4.69) is 10.6 Å². The van der Waals surface area contributed by atoms with Gasteiger partial charge in [-0.1, -0.05) is 0 Å². The van der Waals surface area contributed by atoms with Crippen molar-refractivity contribution in [3.8, 4) is 0 Å². The fourth-order valence-corrected chi connectivity index (χ4v) is 2.63. The molecule has 0 bridgehead atoms. The summed E-state index contributed by atoms with van der Waals surface area (Å²) in [5.41, 5.74) is -0.476. The second kappa shape index (κ2) is 7.31. The molecule has 0 aromatic heterocycles. The van der Waals surface area contributed by atoms with Crippen molar-refractivity contribution in [1.29, 1.82) is 0 Å². The van der Waals surface area contributed by atoms with Crippen LogP contribution in [0.25, 0.3) is 0 Å². The van der Waals surface area contributed by atoms with Crippen LogP contribution in [0.3, 0.4) is 0 Å². The lowest BCUT2D eigenvalue weighted by molar-refractivity contribution is -0.120. The van der Waals surface area contributed by atoms with Crippen LogP contribution in [0.5, 0.6) is 0 Å². The van der Waals surface area contributed by atoms with Crippen LogP contribution >= 0.6 is 0 Å². The minimum Gasteiger partial charge on any atom is -0.444 e. The standard InChI is InChI=1S/C16H29N3O3/c1-16(2,3)22-15(21)19-9-5-4-6-13(19)10-17-11-14(20)18-12-7-8-12/h12-13,17H,4-11H2,1-3H3,(H,18,20). The van der Waals surface area contributed by atoms with Crippen molar-refractivity contribution in [3.63, 3.8) is 0 Å². The van der Waals surface area contributed by atoms with Gasteiger partial charge >= 0.3 is 6.09 Å². The summed E-state index contributed by atoms with van der Waals surface area (Å²) in [5.74, 6) is 0.0436. The predicted molar refractivity (Wildman–Crippen MR) is 84.6 cm³/mol. The molecule has 1 aliphatic carbocycles. The molecule has 1 heterocycles. The Hall–Kier alpha value is -1.30. The molecule has 1 saturated carbocycles. The first-order chi connectivity index (χ1) is 10.3. The van der Waals surface area contributed by atoms with E-state index >= 15 is 0 Å². The highest BCUT2D eigenvalue weighted by molar-refractivity contribution is 5.78. The number of likely N-dealkylation sites (tertiary alicyclic amines) is 1. The lowest BCUT2D eigenvalue weighted by Crippen LogP contribution is -2.51. The number of nitrogens with zero attached hydrogens (tertiary/aromatic N) is 1. The average molecular weight is 311 g/mol. The molecule has 6 nitrogen and oxygen atoms in total. The second-order valence-corrected chi connectivity index (χ2v) is 7.30. The summed E-state index contributed by atoms with van der Waals surface area (Å²) in [6.07, 6.45) is 5.03. The Morgan fingerprint density at radius 3 is 2.55 bits per heavy atom. The molecule has 2 amide bonds. The van der Waals surface area contributed by atoms with Crippen LogP contribution in [-0.2, 0) is 9.53 Å². The number of carbonyl (C=O) groups excluding carboxylic acids is 2. The molecule has 2 rings (SSSR count). The van der Waals surface area contributed by atoms with Crippen molar-refractivity contribution in [3.05, 3.63) is 0 Å². The summed E-state index contributed by atoms with van der Waals surface area (Å²) in [7, 11) is 0. The first kappa shape index (κ1) is 17.1. The van der Waals surface area contributed by atoms with Crippen LogP contribution in [0.4, 0.5) is 4.79 Å². The van der Waals surface area contributed by atoms with Crippen LogP contribution in [0.1, 0.15) is 52.9 Å². The second-order valence-electron chi connectivity index (χ2n) is 7.30. The number of carbonyl (C=O) groups is 2. The summed E-state index contributed by atoms with van der Waals surface area (Å²) in [6, 6.07) is 0.500. The molecule has 2 aliphatic rings. The van der Waals surface area contributed by atoms with Crippen LogP contribution in [0, 0.1) is 0 Å². The van der Waals surface area contributed by atoms with Crippen LogP contribution in [-0.4, -0.2) is 54.2 Å². The highest BCUT2D eigenvalue weighted by Gasteiger charge is 2.30. The van der Waals surface area contributed by atoms with Crippen molar-refractivity contribution in [1.82, 2.24) is 15.5 Å². The van der Waals surface area contributed by atoms with Gasteiger partial charge in [0.2, 0.25) is 5.91 Å². The molecule has 2 fully saturated rings. The molecular formula is C16H29N3O3. The molecule has 0 aromatic carbocycles. The molecule has 22 heavy (non-hydrogen) atoms. The van der Waals surface area contributed by atoms with Crippen molar-refractivity contribution in [2.24, 2.45) is 0 Å². The number of amides is 2. The van der Waals surface area contributed by atoms with E-state index in [-0.39, 0.29) is 18.0 Å². The van der Waals surface area contributed by atoms with Crippen molar-refractivity contribution in [2.75, 3.05) is 19.6 Å². The number of rotatable bonds is 5. The third kappa shape index (κ3) is 5.83. The highest BCUT2D eigenvalue weighted by Crippen LogP contribution is 2.20. The fraction of sp³-hybridized carbons (Fsp3) is 0.875. The van der Waals surface area contributed by atoms with E-state index in [4.69, 9.17) is 4.74 Å². The van der Waals surface area contributed by atoms with Gasteiger partial charge in [-0.15, -0.1) is 0 Å². The minimum atomic E-state index is -0.476. The van der Waals surface area contributed by atoms with Crippen LogP contribution in [0.15, 0.2) is 0 Å². The maximum Gasteiger partial charge on any atom is 0.410 e. The first-order valence-electron chi connectivity index (χ1n) is 8.35. The topological polar surface area (TPSA) is 70.7 Å². The lowest BCUT2D eigenvalue weighted by Gasteiger charge is -2.36. The van der Waals surface area contributed by atoms with E-state index in [0.29, 0.717) is 19.1 Å². The Kier molecular flexibility index (Phi) is 5.67. The van der Waals surface area contributed by atoms with E-state index in [0.717, 1.165) is 38.6 Å². The predicted octanol–water partition coefficient (Wildman–Crippen LogP) is 1.64. The molecular weight excluding hydrogens is 282 g/mol. The number of nitrogens with one attached hydrogen (secondary N) is 2. The molecule has 0 radical (unpaired) electrons. The lowest BCUT2D eigenvalue weighted by atomic mass is 10.0. The number of ether oxygens (including phenoxy) is 1. The smallest absolute Gasteiger partial charge is 0.410 e. The van der Waals surface area contributed by atoms with Gasteiger partial charge in [-0.05, 0) is 52.9 Å². The number of hydrogen-bond acceptors (Lipinski definition) is 4. The summed E-state index contributed by atoms with van der Waals surface area (Å²) in [4.78, 5) is 25.7. The first-order valence-corrected chi connectivity index (χ1v) is 8.35. The van der Waals surface area contributed by atoms with Crippen molar-refractivity contribution in [2.45, 2.75) is 70.6 Å². The summed E-state index contributed by atoms with van der Waals surface area (Å²) < 4.78 is 5.48. The van der Waals surface area contributed by atoms with E-state index in [1.807, 2.05) is 20.8 Å². The van der Waals surface area contributed by atoms with E-state index in [1.165, 1.54) is 0 Å². The number of hydrogen-bond donors (Lipinski definition) is 2. The van der Waals surface area contributed by atoms with E-state index < -0.39 is 5.60 Å². The van der Waals surface area contributed by atoms with Crippen molar-refractivity contribution >= 4 is 12.0 Å². The van der Waals surface area contributed by atoms with Gasteiger partial charge in [0, 0.05) is 25.2 Å². The highest BCUT2D eigenvalue weighted by atomic mass is 16.6. The monoisotopic (exact) mass is 311 g/mol. The molecule has 0 spiro atoms. The van der Waals surface area contributed by atoms with Gasteiger partial charge in [-0.3, -0.25) is 4.79 Å². The van der Waals surface area contributed by atoms with Gasteiger partial charge in [-0.2, -0.15) is 0 Å². The third-order valence-corrected chi connectivity index (χ3v) is 3.86. The number of piperidine rings is 1. The molecule has 6 heteroatoms. The van der Waals surface area contributed by atoms with Gasteiger partial charge in [0.05, 0.1) is 6.54 Å². The van der Waals surface area contributed by atoms with Gasteiger partial charge in [-0.25, -0.2) is 4.79 Å². The quantitative estimate of drug-likeness (QED) is 0.810. The summed E-state index contributed by atoms with van der Waals surface area (Å²) >= 11 is 0. The van der Waals surface area contributed by atoms with Gasteiger partial charge in [0.25, 0.3) is 0 Å². The normalized spacial score (nSPS) is 22.3. The molecule has 1 aliphatic heterocycles. The Morgan fingerprint density at radius 2 is 1.91 bits per heavy atom. The van der Waals surface area contributed by atoms with Crippen LogP contribution in [0.2, 0.25) is 0 Å². The Balaban J connectivity index is 1.76. The Morgan fingerprint density at radius 1 is 1.18 bits per heavy atom. The minimum absolute atomic E-state index is 0.0436. The maximum absolute atomic E-state index is 12.3. The Labute approximate surface area is 132 Å². The molecule has 126 valence electrons. The molecule has 1 unspecified atom stereocenters. The fourth-order valence-electron chi connectivity index (χ4n) is 2.63. The zero-order valence-corrected chi connectivity index (χ0v) is 14.0. The van der Waals surface area contributed by atoms with E-state index in [9.17, 15) is 9.59 Å². The SMILES string of the molecule is CC(C)(C)OC(=O)N1CCCCC1CNCC(=O)NC1CC1. The maximum atomic E-state index is 12.3. The average Bonchev–Trinajstić information content (AvgIpc) is 3.21.